The lowest BCUT2D eigenvalue weighted by molar-refractivity contribution is -0.162. The molecule has 22 heavy (non-hydrogen) atoms. The van der Waals surface area contributed by atoms with E-state index in [2.05, 4.69) is 6.92 Å². The number of hydroxylamine groups is 2. The number of rotatable bonds is 4. The fraction of sp³-hybridized carbons (Fsp3) is 0.824. The van der Waals surface area contributed by atoms with Crippen LogP contribution >= 0.6 is 0 Å². The number of nitrogens with zero attached hydrogens (tertiary/aromatic N) is 1. The number of amides is 1. The summed E-state index contributed by atoms with van der Waals surface area (Å²) in [6.45, 7) is 3.65. The van der Waals surface area contributed by atoms with E-state index < -0.39 is 5.67 Å². The van der Waals surface area contributed by atoms with E-state index in [9.17, 15) is 9.90 Å². The van der Waals surface area contributed by atoms with Crippen molar-refractivity contribution in [2.45, 2.75) is 57.7 Å². The largest absolute Gasteiger partial charge is 0.393 e. The molecule has 126 valence electrons. The van der Waals surface area contributed by atoms with Gasteiger partial charge in [0.1, 0.15) is 5.67 Å². The SMILES string of the molecule is CON(C)C(=O)/C=C/[C@](C)(F)[C@H]1CC[C@H]2C(O)CCC[C@@]21C. The molecule has 2 fully saturated rings. The van der Waals surface area contributed by atoms with Gasteiger partial charge >= 0.3 is 0 Å². The number of aliphatic hydroxyl groups excluding tert-OH is 1. The van der Waals surface area contributed by atoms with Crippen molar-refractivity contribution in [3.05, 3.63) is 12.2 Å². The lowest BCUT2D eigenvalue weighted by atomic mass is 9.61. The number of allylic oxidation sites excluding steroid dienone is 1. The summed E-state index contributed by atoms with van der Waals surface area (Å²) >= 11 is 0. The van der Waals surface area contributed by atoms with Crippen LogP contribution < -0.4 is 0 Å². The highest BCUT2D eigenvalue weighted by Crippen LogP contribution is 2.59. The Balaban J connectivity index is 2.16. The molecule has 5 heteroatoms. The first-order valence-electron chi connectivity index (χ1n) is 8.10. The van der Waals surface area contributed by atoms with Crippen molar-refractivity contribution >= 4 is 5.91 Å². The van der Waals surface area contributed by atoms with Gasteiger partial charge in [-0.1, -0.05) is 13.3 Å². The number of carbonyl (C=O) groups excluding carboxylic acids is 1. The number of hydrogen-bond acceptors (Lipinski definition) is 3. The van der Waals surface area contributed by atoms with Gasteiger partial charge in [0.25, 0.3) is 5.91 Å². The van der Waals surface area contributed by atoms with E-state index in [-0.39, 0.29) is 29.3 Å². The molecular formula is C17H28FNO3. The van der Waals surface area contributed by atoms with Crippen LogP contribution in [0.4, 0.5) is 4.39 Å². The third-order valence-electron chi connectivity index (χ3n) is 5.91. The van der Waals surface area contributed by atoms with Crippen molar-refractivity contribution in [1.29, 1.82) is 0 Å². The van der Waals surface area contributed by atoms with Crippen LogP contribution in [0.25, 0.3) is 0 Å². The monoisotopic (exact) mass is 313 g/mol. The number of hydrogen-bond donors (Lipinski definition) is 1. The van der Waals surface area contributed by atoms with E-state index >= 15 is 4.39 Å². The second-order valence-corrected chi connectivity index (χ2v) is 7.20. The number of aliphatic hydroxyl groups is 1. The molecule has 4 nitrogen and oxygen atoms in total. The lowest BCUT2D eigenvalue weighted by Gasteiger charge is -2.46. The zero-order chi connectivity index (χ0) is 16.5. The first-order chi connectivity index (χ1) is 10.2. The molecule has 2 saturated carbocycles. The molecule has 5 atom stereocenters. The minimum Gasteiger partial charge on any atom is -0.393 e. The predicted octanol–water partition coefficient (Wildman–Crippen LogP) is 2.87. The maximum Gasteiger partial charge on any atom is 0.269 e. The van der Waals surface area contributed by atoms with Crippen molar-refractivity contribution in [2.75, 3.05) is 14.2 Å². The molecule has 0 aromatic carbocycles. The van der Waals surface area contributed by atoms with Crippen molar-refractivity contribution in [2.24, 2.45) is 17.3 Å². The molecule has 0 heterocycles. The van der Waals surface area contributed by atoms with Crippen LogP contribution in [0.1, 0.15) is 46.0 Å². The van der Waals surface area contributed by atoms with Gasteiger partial charge in [0.05, 0.1) is 13.2 Å². The van der Waals surface area contributed by atoms with E-state index in [4.69, 9.17) is 4.84 Å². The van der Waals surface area contributed by atoms with Gasteiger partial charge in [0.15, 0.2) is 0 Å². The summed E-state index contributed by atoms with van der Waals surface area (Å²) in [4.78, 5) is 16.6. The maximum atomic E-state index is 15.3. The molecule has 1 N–H and O–H groups in total. The Hall–Kier alpha value is -0.940. The molecule has 0 aliphatic heterocycles. The Morgan fingerprint density at radius 2 is 2.14 bits per heavy atom. The maximum absolute atomic E-state index is 15.3. The molecule has 1 amide bonds. The quantitative estimate of drug-likeness (QED) is 0.641. The summed E-state index contributed by atoms with van der Waals surface area (Å²) in [5.41, 5.74) is -1.76. The number of fused-ring (bicyclic) bond motifs is 1. The molecule has 0 spiro atoms. The minimum atomic E-state index is -1.56. The normalized spacial score (nSPS) is 37.8. The molecule has 0 radical (unpaired) electrons. The highest BCUT2D eigenvalue weighted by atomic mass is 19.1. The zero-order valence-electron chi connectivity index (χ0n) is 14.0. The predicted molar refractivity (Wildman–Crippen MR) is 82.6 cm³/mol. The molecule has 2 rings (SSSR count). The minimum absolute atomic E-state index is 0.170. The van der Waals surface area contributed by atoms with Crippen LogP contribution in [0.3, 0.4) is 0 Å². The lowest BCUT2D eigenvalue weighted by Crippen LogP contribution is -2.45. The smallest absolute Gasteiger partial charge is 0.269 e. The fourth-order valence-corrected chi connectivity index (χ4v) is 4.62. The van der Waals surface area contributed by atoms with Gasteiger partial charge in [-0.2, -0.15) is 0 Å². The molecule has 2 aliphatic rings. The Kier molecular flexibility index (Phi) is 4.97. The van der Waals surface area contributed by atoms with Gasteiger partial charge in [-0.05, 0) is 50.0 Å². The summed E-state index contributed by atoms with van der Waals surface area (Å²) in [5, 5.41) is 11.3. The molecule has 2 aliphatic carbocycles. The second-order valence-electron chi connectivity index (χ2n) is 7.20. The molecule has 0 saturated heterocycles. The molecule has 0 bridgehead atoms. The van der Waals surface area contributed by atoms with Gasteiger partial charge in [-0.3, -0.25) is 9.63 Å². The Bertz CT molecular complexity index is 451. The van der Waals surface area contributed by atoms with E-state index in [0.717, 1.165) is 37.2 Å². The van der Waals surface area contributed by atoms with E-state index in [1.54, 1.807) is 6.92 Å². The summed E-state index contributed by atoms with van der Waals surface area (Å²) in [6, 6.07) is 0. The Labute approximate surface area is 132 Å². The van der Waals surface area contributed by atoms with E-state index in [0.29, 0.717) is 0 Å². The highest BCUT2D eigenvalue weighted by Gasteiger charge is 2.56. The van der Waals surface area contributed by atoms with Crippen LogP contribution in [0.15, 0.2) is 12.2 Å². The van der Waals surface area contributed by atoms with Crippen molar-refractivity contribution in [3.63, 3.8) is 0 Å². The average Bonchev–Trinajstić information content (AvgIpc) is 2.83. The number of halogens is 1. The third kappa shape index (κ3) is 3.06. The van der Waals surface area contributed by atoms with Crippen LogP contribution in [0, 0.1) is 17.3 Å². The summed E-state index contributed by atoms with van der Waals surface area (Å²) in [7, 11) is 2.89. The fourth-order valence-electron chi connectivity index (χ4n) is 4.62. The van der Waals surface area contributed by atoms with Gasteiger partial charge in [-0.25, -0.2) is 9.45 Å². The molecule has 1 unspecified atom stereocenters. The van der Waals surface area contributed by atoms with Crippen LogP contribution in [0.5, 0.6) is 0 Å². The molecular weight excluding hydrogens is 285 g/mol. The van der Waals surface area contributed by atoms with Gasteiger partial charge in [0.2, 0.25) is 0 Å². The summed E-state index contributed by atoms with van der Waals surface area (Å²) in [5.74, 6) is -0.376. The topological polar surface area (TPSA) is 49.8 Å². The summed E-state index contributed by atoms with van der Waals surface area (Å²) < 4.78 is 15.3. The van der Waals surface area contributed by atoms with E-state index in [1.165, 1.54) is 26.3 Å². The number of alkyl halides is 1. The summed E-state index contributed by atoms with van der Waals surface area (Å²) in [6.07, 6.45) is 6.62. The molecule has 0 aromatic rings. The van der Waals surface area contributed by atoms with Crippen molar-refractivity contribution < 1.29 is 19.1 Å². The second kappa shape index (κ2) is 6.28. The van der Waals surface area contributed by atoms with Gasteiger partial charge in [-0.15, -0.1) is 0 Å². The number of likely N-dealkylation sites (N-methyl/N-ethyl adjacent to an activating group) is 1. The van der Waals surface area contributed by atoms with Crippen LogP contribution in [0.2, 0.25) is 0 Å². The Morgan fingerprint density at radius 3 is 2.77 bits per heavy atom. The zero-order valence-corrected chi connectivity index (χ0v) is 14.0. The van der Waals surface area contributed by atoms with E-state index in [1.807, 2.05) is 0 Å². The third-order valence-corrected chi connectivity index (χ3v) is 5.91. The van der Waals surface area contributed by atoms with Crippen LogP contribution in [-0.2, 0) is 9.63 Å². The highest BCUT2D eigenvalue weighted by molar-refractivity contribution is 5.86. The first kappa shape index (κ1) is 17.4. The van der Waals surface area contributed by atoms with Crippen LogP contribution in [-0.4, -0.2) is 42.0 Å². The van der Waals surface area contributed by atoms with Gasteiger partial charge in [0, 0.05) is 19.0 Å². The Morgan fingerprint density at radius 1 is 1.45 bits per heavy atom. The molecule has 0 aromatic heterocycles. The van der Waals surface area contributed by atoms with Crippen molar-refractivity contribution in [3.8, 4) is 0 Å². The first-order valence-corrected chi connectivity index (χ1v) is 8.10. The van der Waals surface area contributed by atoms with Gasteiger partial charge < -0.3 is 5.11 Å². The number of carbonyl (C=O) groups is 1. The average molecular weight is 313 g/mol. The van der Waals surface area contributed by atoms with Crippen molar-refractivity contribution in [1.82, 2.24) is 5.06 Å². The standard InChI is InChI=1S/C17H28FNO3/c1-16-10-5-6-13(20)12(16)7-8-14(16)17(2,18)11-9-15(21)19(3)22-4/h9,11-14,20H,5-8,10H2,1-4H3/b11-9+/t12-,13?,14-,16-,17-/m0/s1.